The summed E-state index contributed by atoms with van der Waals surface area (Å²) in [5, 5.41) is 6.04. The normalized spacial score (nSPS) is 21.7. The number of carbonyl (C=O) groups is 1. The van der Waals surface area contributed by atoms with E-state index < -0.39 is 10.0 Å². The summed E-state index contributed by atoms with van der Waals surface area (Å²) in [6.45, 7) is 8.62. The lowest BCUT2D eigenvalue weighted by atomic mass is 9.86. The van der Waals surface area contributed by atoms with Crippen molar-refractivity contribution in [3.63, 3.8) is 0 Å². The van der Waals surface area contributed by atoms with Crippen molar-refractivity contribution in [1.29, 1.82) is 0 Å². The molecular formula is C20H33N3O3S. The molecule has 0 saturated heterocycles. The van der Waals surface area contributed by atoms with E-state index in [1.807, 2.05) is 20.8 Å². The summed E-state index contributed by atoms with van der Waals surface area (Å²) in [6.07, 6.45) is 4.58. The monoisotopic (exact) mass is 395 g/mol. The number of hydrogen-bond acceptors (Lipinski definition) is 3. The van der Waals surface area contributed by atoms with Crippen LogP contribution < -0.4 is 10.6 Å². The van der Waals surface area contributed by atoms with E-state index in [4.69, 9.17) is 0 Å². The average molecular weight is 396 g/mol. The number of nitrogens with zero attached hydrogens (tertiary/aromatic N) is 1. The number of nitrogens with one attached hydrogen (secondary N) is 2. The van der Waals surface area contributed by atoms with Gasteiger partial charge in [0.2, 0.25) is 10.0 Å². The maximum Gasteiger partial charge on any atom is 0.315 e. The van der Waals surface area contributed by atoms with Crippen LogP contribution in [0.15, 0.2) is 29.2 Å². The first kappa shape index (κ1) is 21.7. The van der Waals surface area contributed by atoms with Gasteiger partial charge in [0.05, 0.1) is 10.9 Å². The van der Waals surface area contributed by atoms with Gasteiger partial charge in [0.25, 0.3) is 0 Å². The van der Waals surface area contributed by atoms with E-state index in [0.29, 0.717) is 19.0 Å². The number of rotatable bonds is 7. The van der Waals surface area contributed by atoms with Gasteiger partial charge in [-0.05, 0) is 43.4 Å². The maximum atomic E-state index is 12.6. The lowest BCUT2D eigenvalue weighted by Crippen LogP contribution is -2.46. The Kier molecular flexibility index (Phi) is 7.68. The van der Waals surface area contributed by atoms with Crippen molar-refractivity contribution in [1.82, 2.24) is 14.9 Å². The van der Waals surface area contributed by atoms with Gasteiger partial charge >= 0.3 is 6.03 Å². The van der Waals surface area contributed by atoms with Crippen molar-refractivity contribution in [2.45, 2.75) is 70.4 Å². The Balaban J connectivity index is 1.98. The Hall–Kier alpha value is -1.60. The van der Waals surface area contributed by atoms with E-state index in [1.165, 1.54) is 10.7 Å². The second kappa shape index (κ2) is 9.55. The molecule has 1 fully saturated rings. The lowest BCUT2D eigenvalue weighted by molar-refractivity contribution is 0.219. The summed E-state index contributed by atoms with van der Waals surface area (Å²) in [6, 6.07) is 6.63. The second-order valence-electron chi connectivity index (χ2n) is 7.37. The van der Waals surface area contributed by atoms with Gasteiger partial charge in [0.15, 0.2) is 0 Å². The largest absolute Gasteiger partial charge is 0.335 e. The molecule has 2 amide bonds. The molecule has 0 unspecified atom stereocenters. The van der Waals surface area contributed by atoms with E-state index >= 15 is 0 Å². The highest BCUT2D eigenvalue weighted by Gasteiger charge is 2.24. The number of benzene rings is 1. The topological polar surface area (TPSA) is 78.5 Å². The van der Waals surface area contributed by atoms with Crippen LogP contribution in [-0.4, -0.2) is 37.9 Å². The van der Waals surface area contributed by atoms with Crippen molar-refractivity contribution >= 4 is 16.1 Å². The first-order valence-electron chi connectivity index (χ1n) is 9.96. The predicted octanol–water partition coefficient (Wildman–Crippen LogP) is 3.66. The molecule has 0 aromatic heterocycles. The summed E-state index contributed by atoms with van der Waals surface area (Å²) in [5.41, 5.74) is 0.875. The van der Waals surface area contributed by atoms with Crippen molar-refractivity contribution in [3.8, 4) is 0 Å². The fraction of sp³-hybridized carbons (Fsp3) is 0.650. The molecule has 2 N–H and O–H groups in total. The Bertz CT molecular complexity index is 714. The summed E-state index contributed by atoms with van der Waals surface area (Å²) >= 11 is 0. The van der Waals surface area contributed by atoms with Gasteiger partial charge in [-0.3, -0.25) is 0 Å². The molecule has 1 saturated carbocycles. The van der Waals surface area contributed by atoms with E-state index in [1.54, 1.807) is 24.3 Å². The lowest BCUT2D eigenvalue weighted by Gasteiger charge is -2.30. The molecule has 2 rings (SSSR count). The van der Waals surface area contributed by atoms with Crippen molar-refractivity contribution in [3.05, 3.63) is 29.8 Å². The first-order valence-corrected chi connectivity index (χ1v) is 11.4. The number of hydrogen-bond donors (Lipinski definition) is 2. The van der Waals surface area contributed by atoms with Crippen LogP contribution in [0.25, 0.3) is 0 Å². The maximum absolute atomic E-state index is 12.6. The minimum atomic E-state index is -3.46. The zero-order valence-corrected chi connectivity index (χ0v) is 17.7. The fourth-order valence-corrected chi connectivity index (χ4v) is 5.12. The average Bonchev–Trinajstić information content (AvgIpc) is 2.64. The summed E-state index contributed by atoms with van der Waals surface area (Å²) < 4.78 is 26.5. The molecule has 6 nitrogen and oxygen atoms in total. The van der Waals surface area contributed by atoms with Gasteiger partial charge in [0.1, 0.15) is 0 Å². The molecule has 7 heteroatoms. The van der Waals surface area contributed by atoms with E-state index in [0.717, 1.165) is 24.8 Å². The number of amides is 2. The second-order valence-corrected chi connectivity index (χ2v) is 9.30. The van der Waals surface area contributed by atoms with Crippen LogP contribution in [0.5, 0.6) is 0 Å². The van der Waals surface area contributed by atoms with Gasteiger partial charge in [-0.25, -0.2) is 13.2 Å². The third-order valence-electron chi connectivity index (χ3n) is 5.50. The molecule has 0 bridgehead atoms. The van der Waals surface area contributed by atoms with Gasteiger partial charge in [-0.1, -0.05) is 45.7 Å². The standard InChI is InChI=1S/C20H33N3O3S/c1-5-23(6-2)27(25,26)18-13-11-17(12-14-18)16(4)21-20(24)22-19-10-8-7-9-15(19)3/h11-16,19H,5-10H2,1-4H3,(H2,21,22,24)/t15-,16+,19+/m1/s1. The van der Waals surface area contributed by atoms with Crippen molar-refractivity contribution < 1.29 is 13.2 Å². The Morgan fingerprint density at radius 1 is 1.15 bits per heavy atom. The highest BCUT2D eigenvalue weighted by atomic mass is 32.2. The minimum Gasteiger partial charge on any atom is -0.335 e. The van der Waals surface area contributed by atoms with Crippen molar-refractivity contribution in [2.24, 2.45) is 5.92 Å². The number of carbonyl (C=O) groups excluding carboxylic acids is 1. The molecule has 0 spiro atoms. The zero-order valence-electron chi connectivity index (χ0n) is 16.9. The van der Waals surface area contributed by atoms with E-state index in [-0.39, 0.29) is 23.0 Å². The van der Waals surface area contributed by atoms with Crippen LogP contribution in [-0.2, 0) is 10.0 Å². The Morgan fingerprint density at radius 3 is 2.30 bits per heavy atom. The molecule has 0 aliphatic heterocycles. The van der Waals surface area contributed by atoms with Crippen LogP contribution in [0.3, 0.4) is 0 Å². The molecule has 0 radical (unpaired) electrons. The molecule has 1 aromatic carbocycles. The fourth-order valence-electron chi connectivity index (χ4n) is 3.66. The summed E-state index contributed by atoms with van der Waals surface area (Å²) in [7, 11) is -3.46. The zero-order chi connectivity index (χ0) is 20.0. The minimum absolute atomic E-state index is 0.166. The van der Waals surface area contributed by atoms with Gasteiger partial charge < -0.3 is 10.6 Å². The van der Waals surface area contributed by atoms with E-state index in [2.05, 4.69) is 17.6 Å². The molecule has 3 atom stereocenters. The molecule has 0 heterocycles. The molecule has 1 aliphatic rings. The van der Waals surface area contributed by atoms with Crippen LogP contribution >= 0.6 is 0 Å². The van der Waals surface area contributed by atoms with Crippen LogP contribution in [0, 0.1) is 5.92 Å². The van der Waals surface area contributed by atoms with Crippen molar-refractivity contribution in [2.75, 3.05) is 13.1 Å². The quantitative estimate of drug-likeness (QED) is 0.739. The third-order valence-corrected chi connectivity index (χ3v) is 7.56. The first-order chi connectivity index (χ1) is 12.8. The Labute approximate surface area is 163 Å². The van der Waals surface area contributed by atoms with E-state index in [9.17, 15) is 13.2 Å². The van der Waals surface area contributed by atoms with Gasteiger partial charge in [-0.15, -0.1) is 0 Å². The molecule has 152 valence electrons. The van der Waals surface area contributed by atoms with Crippen LogP contribution in [0.1, 0.15) is 65.0 Å². The third kappa shape index (κ3) is 5.45. The Morgan fingerprint density at radius 2 is 1.74 bits per heavy atom. The smallest absolute Gasteiger partial charge is 0.315 e. The van der Waals surface area contributed by atoms with Gasteiger partial charge in [0, 0.05) is 19.1 Å². The highest BCUT2D eigenvalue weighted by Crippen LogP contribution is 2.24. The molecule has 27 heavy (non-hydrogen) atoms. The predicted molar refractivity (Wildman–Crippen MR) is 108 cm³/mol. The van der Waals surface area contributed by atoms with Gasteiger partial charge in [-0.2, -0.15) is 4.31 Å². The van der Waals surface area contributed by atoms with Crippen LogP contribution in [0.2, 0.25) is 0 Å². The number of urea groups is 1. The van der Waals surface area contributed by atoms with Crippen LogP contribution in [0.4, 0.5) is 4.79 Å². The highest BCUT2D eigenvalue weighted by molar-refractivity contribution is 7.89. The molecule has 1 aliphatic carbocycles. The number of sulfonamides is 1. The summed E-state index contributed by atoms with van der Waals surface area (Å²) in [4.78, 5) is 12.6. The summed E-state index contributed by atoms with van der Waals surface area (Å²) in [5.74, 6) is 0.504. The SMILES string of the molecule is CCN(CC)S(=O)(=O)c1ccc([C@H](C)NC(=O)N[C@H]2CCCC[C@H]2C)cc1. The molecular weight excluding hydrogens is 362 g/mol. The molecule has 1 aromatic rings.